The number of para-hydroxylation sites is 1. The van der Waals surface area contributed by atoms with Gasteiger partial charge < -0.3 is 10.1 Å². The lowest BCUT2D eigenvalue weighted by atomic mass is 10.3. The molecule has 0 aliphatic carbocycles. The molecule has 0 saturated carbocycles. The number of anilines is 1. The van der Waals surface area contributed by atoms with E-state index in [0.29, 0.717) is 22.3 Å². The predicted molar refractivity (Wildman–Crippen MR) is 89.2 cm³/mol. The molecule has 106 valence electrons. The summed E-state index contributed by atoms with van der Waals surface area (Å²) in [5, 5.41) is 4.41. The van der Waals surface area contributed by atoms with E-state index < -0.39 is 0 Å². The number of nitrogens with one attached hydrogen (secondary N) is 1. The molecule has 1 atom stereocenters. The zero-order valence-corrected chi connectivity index (χ0v) is 14.0. The van der Waals surface area contributed by atoms with Gasteiger partial charge in [-0.3, -0.25) is 0 Å². The predicted octanol–water partition coefficient (Wildman–Crippen LogP) is 5.64. The van der Waals surface area contributed by atoms with E-state index in [1.807, 2.05) is 37.3 Å². The number of benzene rings is 2. The molecule has 0 aliphatic heterocycles. The first-order valence-corrected chi connectivity index (χ1v) is 7.71. The van der Waals surface area contributed by atoms with Gasteiger partial charge in [-0.05, 0) is 41.1 Å². The summed E-state index contributed by atoms with van der Waals surface area (Å²) in [6, 6.07) is 13.4. The summed E-state index contributed by atoms with van der Waals surface area (Å²) in [7, 11) is 0. The highest BCUT2D eigenvalue weighted by atomic mass is 79.9. The van der Waals surface area contributed by atoms with Gasteiger partial charge in [0.25, 0.3) is 0 Å². The van der Waals surface area contributed by atoms with Gasteiger partial charge in [0.15, 0.2) is 0 Å². The molecule has 5 heteroatoms. The van der Waals surface area contributed by atoms with Gasteiger partial charge in [-0.15, -0.1) is 0 Å². The number of hydrogen-bond donors (Lipinski definition) is 1. The Morgan fingerprint density at radius 2 is 1.85 bits per heavy atom. The van der Waals surface area contributed by atoms with Crippen LogP contribution in [0.25, 0.3) is 0 Å². The fourth-order valence-corrected chi connectivity index (χ4v) is 2.51. The second kappa shape index (κ2) is 7.21. The normalized spacial score (nSPS) is 12.0. The molecule has 2 aromatic rings. The Labute approximate surface area is 137 Å². The van der Waals surface area contributed by atoms with E-state index in [2.05, 4.69) is 21.2 Å². The molecule has 1 unspecified atom stereocenters. The molecule has 1 N–H and O–H groups in total. The Bertz CT molecular complexity index is 578. The summed E-state index contributed by atoms with van der Waals surface area (Å²) in [4.78, 5) is 0. The highest BCUT2D eigenvalue weighted by molar-refractivity contribution is 9.10. The molecule has 0 spiro atoms. The van der Waals surface area contributed by atoms with Crippen molar-refractivity contribution in [3.63, 3.8) is 0 Å². The second-order valence-corrected chi connectivity index (χ2v) is 6.04. The topological polar surface area (TPSA) is 21.3 Å². The van der Waals surface area contributed by atoms with E-state index >= 15 is 0 Å². The molecule has 2 rings (SSSR count). The molecule has 2 aromatic carbocycles. The van der Waals surface area contributed by atoms with Crippen LogP contribution >= 0.6 is 39.1 Å². The van der Waals surface area contributed by atoms with E-state index in [1.54, 1.807) is 12.1 Å². The molecule has 0 aromatic heterocycles. The molecule has 0 radical (unpaired) electrons. The molecule has 0 heterocycles. The number of ether oxygens (including phenoxy) is 1. The van der Waals surface area contributed by atoms with Gasteiger partial charge in [-0.1, -0.05) is 41.4 Å². The lowest BCUT2D eigenvalue weighted by Gasteiger charge is -2.17. The minimum atomic E-state index is -0.0371. The van der Waals surface area contributed by atoms with Crippen LogP contribution in [0.1, 0.15) is 6.92 Å². The van der Waals surface area contributed by atoms with Crippen LogP contribution in [0.4, 0.5) is 5.69 Å². The van der Waals surface area contributed by atoms with Gasteiger partial charge in [0.1, 0.15) is 11.9 Å². The third kappa shape index (κ3) is 4.30. The minimum Gasteiger partial charge on any atom is -0.487 e. The zero-order valence-electron chi connectivity index (χ0n) is 10.9. The van der Waals surface area contributed by atoms with Gasteiger partial charge in [-0.25, -0.2) is 0 Å². The van der Waals surface area contributed by atoms with Crippen molar-refractivity contribution in [3.8, 4) is 5.75 Å². The summed E-state index contributed by atoms with van der Waals surface area (Å²) in [5.41, 5.74) is 1.06. The number of rotatable bonds is 5. The fraction of sp³-hybridized carbons (Fsp3) is 0.200. The molecule has 0 saturated heterocycles. The smallest absolute Gasteiger partial charge is 0.139 e. The Kier molecular flexibility index (Phi) is 5.58. The molecule has 0 bridgehead atoms. The average Bonchev–Trinajstić information content (AvgIpc) is 2.44. The van der Waals surface area contributed by atoms with Gasteiger partial charge >= 0.3 is 0 Å². The van der Waals surface area contributed by atoms with Crippen molar-refractivity contribution in [1.29, 1.82) is 0 Å². The van der Waals surface area contributed by atoms with E-state index in [9.17, 15) is 0 Å². The Morgan fingerprint density at radius 1 is 1.15 bits per heavy atom. The van der Waals surface area contributed by atoms with Crippen LogP contribution in [0.2, 0.25) is 10.0 Å². The summed E-state index contributed by atoms with van der Waals surface area (Å²) >= 11 is 15.5. The average molecular weight is 375 g/mol. The third-order valence-electron chi connectivity index (χ3n) is 2.67. The van der Waals surface area contributed by atoms with Gasteiger partial charge in [0, 0.05) is 16.2 Å². The largest absolute Gasteiger partial charge is 0.487 e. The first-order chi connectivity index (χ1) is 9.56. The monoisotopic (exact) mass is 373 g/mol. The van der Waals surface area contributed by atoms with Crippen molar-refractivity contribution in [3.05, 3.63) is 57.0 Å². The van der Waals surface area contributed by atoms with Crippen LogP contribution in [0.3, 0.4) is 0 Å². The lowest BCUT2D eigenvalue weighted by molar-refractivity contribution is 0.235. The highest BCUT2D eigenvalue weighted by Gasteiger charge is 2.10. The number of halogens is 3. The van der Waals surface area contributed by atoms with Crippen molar-refractivity contribution in [2.75, 3.05) is 11.9 Å². The summed E-state index contributed by atoms with van der Waals surface area (Å²) < 4.78 is 6.56. The minimum absolute atomic E-state index is 0.0371. The molecule has 20 heavy (non-hydrogen) atoms. The van der Waals surface area contributed by atoms with Crippen molar-refractivity contribution >= 4 is 44.8 Å². The lowest BCUT2D eigenvalue weighted by Crippen LogP contribution is -2.22. The maximum atomic E-state index is 6.13. The second-order valence-electron chi connectivity index (χ2n) is 4.37. The SMILES string of the molecule is CC(CNc1ccccc1)Oc1cc(Cl)c(Br)cc1Cl. The van der Waals surface area contributed by atoms with E-state index in [0.717, 1.165) is 10.2 Å². The van der Waals surface area contributed by atoms with E-state index in [1.165, 1.54) is 0 Å². The summed E-state index contributed by atoms with van der Waals surface area (Å²) in [6.45, 7) is 2.65. The van der Waals surface area contributed by atoms with Crippen LogP contribution in [0.15, 0.2) is 46.9 Å². The molecule has 0 aliphatic rings. The maximum Gasteiger partial charge on any atom is 0.139 e. The highest BCUT2D eigenvalue weighted by Crippen LogP contribution is 2.34. The fourth-order valence-electron chi connectivity index (χ4n) is 1.67. The molecule has 0 fully saturated rings. The van der Waals surface area contributed by atoms with Crippen LogP contribution < -0.4 is 10.1 Å². The van der Waals surface area contributed by atoms with Crippen molar-refractivity contribution < 1.29 is 4.74 Å². The van der Waals surface area contributed by atoms with Crippen LogP contribution in [0.5, 0.6) is 5.75 Å². The Morgan fingerprint density at radius 3 is 2.55 bits per heavy atom. The quantitative estimate of drug-likeness (QED) is 0.684. The standard InChI is InChI=1S/C15H14BrCl2NO/c1-10(9-19-11-5-3-2-4-6-11)20-15-8-13(17)12(16)7-14(15)18/h2-8,10,19H,9H2,1H3. The molecular weight excluding hydrogens is 361 g/mol. The zero-order chi connectivity index (χ0) is 14.5. The van der Waals surface area contributed by atoms with E-state index in [4.69, 9.17) is 27.9 Å². The van der Waals surface area contributed by atoms with Crippen LogP contribution in [0, 0.1) is 0 Å². The Hall–Kier alpha value is -0.900. The van der Waals surface area contributed by atoms with Gasteiger partial charge in [0.2, 0.25) is 0 Å². The van der Waals surface area contributed by atoms with Gasteiger partial charge in [-0.2, -0.15) is 0 Å². The van der Waals surface area contributed by atoms with Crippen LogP contribution in [-0.4, -0.2) is 12.6 Å². The Balaban J connectivity index is 1.95. The molecular formula is C15H14BrCl2NO. The van der Waals surface area contributed by atoms with Crippen molar-refractivity contribution in [2.45, 2.75) is 13.0 Å². The van der Waals surface area contributed by atoms with E-state index in [-0.39, 0.29) is 6.10 Å². The van der Waals surface area contributed by atoms with Crippen molar-refractivity contribution in [1.82, 2.24) is 0 Å². The van der Waals surface area contributed by atoms with Crippen LogP contribution in [-0.2, 0) is 0 Å². The van der Waals surface area contributed by atoms with Crippen molar-refractivity contribution in [2.24, 2.45) is 0 Å². The third-order valence-corrected chi connectivity index (χ3v) is 4.16. The first kappa shape index (κ1) is 15.5. The molecule has 2 nitrogen and oxygen atoms in total. The number of hydrogen-bond acceptors (Lipinski definition) is 2. The summed E-state index contributed by atoms with van der Waals surface area (Å²) in [5.74, 6) is 0.585. The molecule has 0 amide bonds. The maximum absolute atomic E-state index is 6.13. The summed E-state index contributed by atoms with van der Waals surface area (Å²) in [6.07, 6.45) is -0.0371. The van der Waals surface area contributed by atoms with Gasteiger partial charge in [0.05, 0.1) is 16.6 Å². The first-order valence-electron chi connectivity index (χ1n) is 6.16.